The molecule has 0 saturated heterocycles. The van der Waals surface area contributed by atoms with Crippen LogP contribution in [0.4, 0.5) is 17.1 Å². The molecule has 0 bridgehead atoms. The number of thiophene rings is 2. The summed E-state index contributed by atoms with van der Waals surface area (Å²) in [7, 11) is 0. The molecule has 0 unspecified atom stereocenters. The van der Waals surface area contributed by atoms with Crippen LogP contribution in [0.25, 0.3) is 84.9 Å². The van der Waals surface area contributed by atoms with Gasteiger partial charge in [-0.15, -0.1) is 22.7 Å². The molecule has 0 aliphatic carbocycles. The average molecular weight is 762 g/mol. The van der Waals surface area contributed by atoms with Gasteiger partial charge in [0.05, 0.1) is 10.4 Å². The summed E-state index contributed by atoms with van der Waals surface area (Å²) in [6.45, 7) is 0. The average Bonchev–Trinajstić information content (AvgIpc) is 3.88. The highest BCUT2D eigenvalue weighted by molar-refractivity contribution is 7.27. The van der Waals surface area contributed by atoms with Crippen LogP contribution in [0, 0.1) is 0 Å². The van der Waals surface area contributed by atoms with Crippen molar-refractivity contribution in [2.75, 3.05) is 4.90 Å². The first kappa shape index (κ1) is 33.5. The lowest BCUT2D eigenvalue weighted by Crippen LogP contribution is -2.10. The van der Waals surface area contributed by atoms with Crippen LogP contribution in [0.2, 0.25) is 0 Å². The van der Waals surface area contributed by atoms with Crippen molar-refractivity contribution < 1.29 is 0 Å². The van der Waals surface area contributed by atoms with E-state index in [1.54, 1.807) is 0 Å². The van der Waals surface area contributed by atoms with Crippen LogP contribution in [-0.2, 0) is 0 Å². The highest BCUT2D eigenvalue weighted by atomic mass is 32.1. The summed E-state index contributed by atoms with van der Waals surface area (Å²) in [6.07, 6.45) is 0. The van der Waals surface area contributed by atoms with E-state index < -0.39 is 0 Å². The van der Waals surface area contributed by atoms with Crippen LogP contribution in [0.3, 0.4) is 0 Å². The number of benzene rings is 9. The monoisotopic (exact) mass is 761 g/mol. The summed E-state index contributed by atoms with van der Waals surface area (Å²) < 4.78 is 5.20. The lowest BCUT2D eigenvalue weighted by molar-refractivity contribution is 1.30. The van der Waals surface area contributed by atoms with Crippen molar-refractivity contribution in [3.63, 3.8) is 0 Å². The Morgan fingerprint density at radius 1 is 0.281 bits per heavy atom. The quantitative estimate of drug-likeness (QED) is 0.156. The van der Waals surface area contributed by atoms with Crippen molar-refractivity contribution in [1.82, 2.24) is 0 Å². The van der Waals surface area contributed by atoms with Crippen LogP contribution < -0.4 is 4.90 Å². The molecule has 0 aliphatic heterocycles. The minimum Gasteiger partial charge on any atom is -0.309 e. The Kier molecular flexibility index (Phi) is 8.28. The zero-order valence-electron chi connectivity index (χ0n) is 31.0. The SMILES string of the molecule is c1ccc(-c2ccc(N(c3ccc(-c4ccc(-c5ccccc5)c5c4sc4ccccc45)cc3)c3ccc(-c4ccccc4)c4c3sc3ccccc34)cc2)cc1. The van der Waals surface area contributed by atoms with E-state index in [0.717, 1.165) is 11.4 Å². The normalized spacial score (nSPS) is 11.5. The van der Waals surface area contributed by atoms with Crippen molar-refractivity contribution in [3.05, 3.63) is 212 Å². The summed E-state index contributed by atoms with van der Waals surface area (Å²) in [4.78, 5) is 2.44. The van der Waals surface area contributed by atoms with Crippen molar-refractivity contribution in [2.24, 2.45) is 0 Å². The number of fused-ring (bicyclic) bond motifs is 6. The molecule has 0 radical (unpaired) electrons. The van der Waals surface area contributed by atoms with Gasteiger partial charge in [0.1, 0.15) is 0 Å². The van der Waals surface area contributed by atoms with Gasteiger partial charge in [0.15, 0.2) is 0 Å². The lowest BCUT2D eigenvalue weighted by Gasteiger charge is -2.27. The second kappa shape index (κ2) is 14.1. The molecule has 0 atom stereocenters. The van der Waals surface area contributed by atoms with Crippen molar-refractivity contribution >= 4 is 80.1 Å². The largest absolute Gasteiger partial charge is 0.309 e. The van der Waals surface area contributed by atoms with E-state index in [0.29, 0.717) is 0 Å². The van der Waals surface area contributed by atoms with Gasteiger partial charge in [-0.1, -0.05) is 170 Å². The van der Waals surface area contributed by atoms with Crippen molar-refractivity contribution in [3.8, 4) is 44.5 Å². The molecule has 0 aliphatic rings. The van der Waals surface area contributed by atoms with Crippen molar-refractivity contribution in [2.45, 2.75) is 0 Å². The number of nitrogens with zero attached hydrogens (tertiary/aromatic N) is 1. The van der Waals surface area contributed by atoms with Gasteiger partial charge < -0.3 is 4.90 Å². The second-order valence-corrected chi connectivity index (χ2v) is 16.5. The first-order chi connectivity index (χ1) is 28.3. The molecule has 11 rings (SSSR count). The molecule has 0 N–H and O–H groups in total. The number of hydrogen-bond acceptors (Lipinski definition) is 3. The van der Waals surface area contributed by atoms with Gasteiger partial charge in [-0.2, -0.15) is 0 Å². The molecule has 0 saturated carbocycles. The van der Waals surface area contributed by atoms with Gasteiger partial charge in [0.25, 0.3) is 0 Å². The maximum atomic E-state index is 2.44. The molecular weight excluding hydrogens is 727 g/mol. The fourth-order valence-electron chi connectivity index (χ4n) is 8.41. The third kappa shape index (κ3) is 5.83. The van der Waals surface area contributed by atoms with Crippen LogP contribution in [0.15, 0.2) is 212 Å². The van der Waals surface area contributed by atoms with E-state index in [-0.39, 0.29) is 0 Å². The number of anilines is 3. The van der Waals surface area contributed by atoms with Crippen molar-refractivity contribution in [1.29, 1.82) is 0 Å². The number of hydrogen-bond donors (Lipinski definition) is 0. The Morgan fingerprint density at radius 3 is 1.23 bits per heavy atom. The molecule has 11 aromatic rings. The van der Waals surface area contributed by atoms with E-state index >= 15 is 0 Å². The Morgan fingerprint density at radius 2 is 0.667 bits per heavy atom. The van der Waals surface area contributed by atoms with Crippen LogP contribution in [-0.4, -0.2) is 0 Å². The molecule has 0 fully saturated rings. The predicted molar refractivity (Wildman–Crippen MR) is 249 cm³/mol. The van der Waals surface area contributed by atoms with Gasteiger partial charge in [0, 0.05) is 47.0 Å². The van der Waals surface area contributed by atoms with E-state index in [2.05, 4.69) is 217 Å². The molecule has 57 heavy (non-hydrogen) atoms. The molecule has 1 nitrogen and oxygen atoms in total. The minimum absolute atomic E-state index is 1.12. The molecule has 268 valence electrons. The summed E-state index contributed by atoms with van der Waals surface area (Å²) in [6, 6.07) is 77.4. The van der Waals surface area contributed by atoms with Crippen LogP contribution >= 0.6 is 22.7 Å². The lowest BCUT2D eigenvalue weighted by atomic mass is 9.95. The second-order valence-electron chi connectivity index (χ2n) is 14.4. The molecule has 0 amide bonds. The highest BCUT2D eigenvalue weighted by Gasteiger charge is 2.22. The molecule has 2 heterocycles. The Bertz CT molecular complexity index is 3200. The molecule has 9 aromatic carbocycles. The topological polar surface area (TPSA) is 3.24 Å². The predicted octanol–water partition coefficient (Wildman–Crippen LogP) is 16.6. The zero-order chi connectivity index (χ0) is 37.7. The standard InChI is InChI=1S/C54H35NS2/c1-4-14-36(15-5-1)37-24-28-41(29-25-37)55(48-35-34-44(39-18-8-3-9-19-39)52-47-21-11-13-23-50(47)57-54(48)52)42-30-26-40(27-31-42)45-33-32-43(38-16-6-2-7-17-38)51-46-20-10-12-22-49(46)56-53(45)51/h1-35H. The third-order valence-corrected chi connectivity index (χ3v) is 13.5. The van der Waals surface area contributed by atoms with Crippen LogP contribution in [0.1, 0.15) is 0 Å². The van der Waals surface area contributed by atoms with E-state index in [1.165, 1.54) is 90.5 Å². The van der Waals surface area contributed by atoms with E-state index in [1.807, 2.05) is 22.7 Å². The first-order valence-electron chi connectivity index (χ1n) is 19.3. The van der Waals surface area contributed by atoms with Gasteiger partial charge in [-0.3, -0.25) is 0 Å². The Hall–Kier alpha value is -6.78. The summed E-state index contributed by atoms with van der Waals surface area (Å²) in [5, 5.41) is 5.23. The van der Waals surface area contributed by atoms with Gasteiger partial charge >= 0.3 is 0 Å². The summed E-state index contributed by atoms with van der Waals surface area (Å²) >= 11 is 3.77. The molecule has 3 heteroatoms. The highest BCUT2D eigenvalue weighted by Crippen LogP contribution is 2.49. The summed E-state index contributed by atoms with van der Waals surface area (Å²) in [5.41, 5.74) is 13.3. The summed E-state index contributed by atoms with van der Waals surface area (Å²) in [5.74, 6) is 0. The molecular formula is C54H35NS2. The third-order valence-electron chi connectivity index (χ3n) is 11.1. The van der Waals surface area contributed by atoms with E-state index in [4.69, 9.17) is 0 Å². The zero-order valence-corrected chi connectivity index (χ0v) is 32.6. The molecule has 2 aromatic heterocycles. The molecule has 0 spiro atoms. The Labute approximate surface area is 340 Å². The first-order valence-corrected chi connectivity index (χ1v) is 21.0. The maximum absolute atomic E-state index is 2.44. The van der Waals surface area contributed by atoms with Gasteiger partial charge in [0.2, 0.25) is 0 Å². The van der Waals surface area contributed by atoms with Crippen LogP contribution in [0.5, 0.6) is 0 Å². The fraction of sp³-hybridized carbons (Fsp3) is 0. The number of rotatable bonds is 7. The van der Waals surface area contributed by atoms with E-state index in [9.17, 15) is 0 Å². The van der Waals surface area contributed by atoms with Gasteiger partial charge in [-0.05, 0) is 87.0 Å². The smallest absolute Gasteiger partial charge is 0.0640 e. The minimum atomic E-state index is 1.12. The maximum Gasteiger partial charge on any atom is 0.0640 e. The Balaban J connectivity index is 1.09. The fourth-order valence-corrected chi connectivity index (χ4v) is 10.9. The van der Waals surface area contributed by atoms with Gasteiger partial charge in [-0.25, -0.2) is 0 Å².